The molecule has 16 heavy (non-hydrogen) atoms. The topological polar surface area (TPSA) is 42.2 Å². The lowest BCUT2D eigenvalue weighted by Crippen LogP contribution is -2.26. The van der Waals surface area contributed by atoms with Crippen LogP contribution in [-0.4, -0.2) is 18.1 Å². The zero-order valence-corrected chi connectivity index (χ0v) is 10.2. The monoisotopic (exact) mass is 219 g/mol. The highest BCUT2D eigenvalue weighted by Gasteiger charge is 2.34. The van der Waals surface area contributed by atoms with Crippen molar-refractivity contribution in [1.82, 2.24) is 4.98 Å². The van der Waals surface area contributed by atoms with E-state index < -0.39 is 0 Å². The van der Waals surface area contributed by atoms with Crippen LogP contribution in [0.15, 0.2) is 18.5 Å². The molecule has 1 aliphatic rings. The summed E-state index contributed by atoms with van der Waals surface area (Å²) in [6, 6.07) is 2.02. The van der Waals surface area contributed by atoms with Crippen molar-refractivity contribution in [2.45, 2.75) is 33.1 Å². The van der Waals surface area contributed by atoms with Crippen molar-refractivity contribution in [3.63, 3.8) is 0 Å². The number of nitrogens with two attached hydrogens (primary N) is 1. The fourth-order valence-electron chi connectivity index (χ4n) is 2.60. The Hall–Kier alpha value is -1.25. The van der Waals surface area contributed by atoms with Crippen LogP contribution in [0.4, 0.5) is 11.4 Å². The van der Waals surface area contributed by atoms with Crippen LogP contribution in [0.3, 0.4) is 0 Å². The molecular formula is C13H21N3. The van der Waals surface area contributed by atoms with E-state index in [4.69, 9.17) is 5.73 Å². The van der Waals surface area contributed by atoms with Crippen LogP contribution in [0, 0.1) is 5.41 Å². The zero-order valence-electron chi connectivity index (χ0n) is 10.2. The van der Waals surface area contributed by atoms with Gasteiger partial charge in [-0.2, -0.15) is 0 Å². The highest BCUT2D eigenvalue weighted by atomic mass is 15.2. The van der Waals surface area contributed by atoms with Gasteiger partial charge in [-0.3, -0.25) is 4.98 Å². The number of aromatic nitrogens is 1. The number of pyridine rings is 1. The Morgan fingerprint density at radius 3 is 2.69 bits per heavy atom. The minimum absolute atomic E-state index is 0.505. The number of nitrogens with zero attached hydrogens (tertiary/aromatic N) is 2. The molecule has 2 N–H and O–H groups in total. The molecule has 88 valence electrons. The summed E-state index contributed by atoms with van der Waals surface area (Å²) >= 11 is 0. The molecule has 0 atom stereocenters. The van der Waals surface area contributed by atoms with E-state index in [1.54, 1.807) is 6.20 Å². The normalized spacial score (nSPS) is 19.0. The molecule has 1 fully saturated rings. The van der Waals surface area contributed by atoms with Crippen molar-refractivity contribution in [3.05, 3.63) is 18.5 Å². The van der Waals surface area contributed by atoms with Gasteiger partial charge in [0.25, 0.3) is 0 Å². The molecule has 0 unspecified atom stereocenters. The molecule has 0 spiro atoms. The van der Waals surface area contributed by atoms with Gasteiger partial charge in [-0.1, -0.05) is 13.8 Å². The molecule has 1 aromatic heterocycles. The lowest BCUT2D eigenvalue weighted by Gasteiger charge is -2.27. The Labute approximate surface area is 97.7 Å². The zero-order chi connectivity index (χ0) is 11.6. The van der Waals surface area contributed by atoms with Gasteiger partial charge in [-0.05, 0) is 30.7 Å². The molecule has 0 bridgehead atoms. The van der Waals surface area contributed by atoms with E-state index in [1.165, 1.54) is 24.9 Å². The van der Waals surface area contributed by atoms with Gasteiger partial charge in [0.15, 0.2) is 0 Å². The second-order valence-corrected chi connectivity index (χ2v) is 4.86. The van der Waals surface area contributed by atoms with Crippen LogP contribution >= 0.6 is 0 Å². The van der Waals surface area contributed by atoms with Gasteiger partial charge in [0.1, 0.15) is 0 Å². The van der Waals surface area contributed by atoms with Crippen molar-refractivity contribution in [1.29, 1.82) is 0 Å². The lowest BCUT2D eigenvalue weighted by molar-refractivity contribution is 0.301. The summed E-state index contributed by atoms with van der Waals surface area (Å²) in [5.74, 6) is 0. The second kappa shape index (κ2) is 4.32. The minimum atomic E-state index is 0.505. The van der Waals surface area contributed by atoms with Gasteiger partial charge in [0.2, 0.25) is 0 Å². The smallest absolute Gasteiger partial charge is 0.0573 e. The third kappa shape index (κ3) is 1.99. The fourth-order valence-corrected chi connectivity index (χ4v) is 2.60. The average molecular weight is 219 g/mol. The van der Waals surface area contributed by atoms with E-state index in [0.29, 0.717) is 5.41 Å². The molecule has 3 heteroatoms. The SMILES string of the molecule is CCC1(CC)CCN(c2cncc(N)c2)C1. The van der Waals surface area contributed by atoms with Crippen LogP contribution in [0.1, 0.15) is 33.1 Å². The largest absolute Gasteiger partial charge is 0.397 e. The molecule has 2 rings (SSSR count). The molecule has 0 aliphatic carbocycles. The molecule has 0 radical (unpaired) electrons. The van der Waals surface area contributed by atoms with Gasteiger partial charge in [-0.15, -0.1) is 0 Å². The molecule has 1 saturated heterocycles. The van der Waals surface area contributed by atoms with Crippen LogP contribution in [-0.2, 0) is 0 Å². The number of hydrogen-bond acceptors (Lipinski definition) is 3. The van der Waals surface area contributed by atoms with E-state index in [1.807, 2.05) is 12.3 Å². The van der Waals surface area contributed by atoms with E-state index in [2.05, 4.69) is 23.7 Å². The van der Waals surface area contributed by atoms with Crippen LogP contribution < -0.4 is 10.6 Å². The summed E-state index contributed by atoms with van der Waals surface area (Å²) in [5.41, 5.74) is 8.20. The van der Waals surface area contributed by atoms with Gasteiger partial charge in [0, 0.05) is 19.3 Å². The fraction of sp³-hybridized carbons (Fsp3) is 0.615. The van der Waals surface area contributed by atoms with E-state index in [-0.39, 0.29) is 0 Å². The first-order valence-electron chi connectivity index (χ1n) is 6.14. The summed E-state index contributed by atoms with van der Waals surface area (Å²) < 4.78 is 0. The number of rotatable bonds is 3. The molecular weight excluding hydrogens is 198 g/mol. The Morgan fingerprint density at radius 1 is 1.38 bits per heavy atom. The molecule has 1 aromatic rings. The maximum Gasteiger partial charge on any atom is 0.0573 e. The first-order chi connectivity index (χ1) is 7.69. The number of nitrogen functional groups attached to an aromatic ring is 1. The summed E-state index contributed by atoms with van der Waals surface area (Å²) in [5, 5.41) is 0. The summed E-state index contributed by atoms with van der Waals surface area (Å²) in [6.45, 7) is 6.87. The molecule has 0 saturated carbocycles. The van der Waals surface area contributed by atoms with Gasteiger partial charge >= 0.3 is 0 Å². The van der Waals surface area contributed by atoms with Crippen molar-refractivity contribution in [2.24, 2.45) is 5.41 Å². The Kier molecular flexibility index (Phi) is 3.03. The second-order valence-electron chi connectivity index (χ2n) is 4.86. The quantitative estimate of drug-likeness (QED) is 0.850. The van der Waals surface area contributed by atoms with Gasteiger partial charge < -0.3 is 10.6 Å². The van der Waals surface area contributed by atoms with E-state index >= 15 is 0 Å². The summed E-state index contributed by atoms with van der Waals surface area (Å²) in [4.78, 5) is 6.57. The standard InChI is InChI=1S/C13H21N3/c1-3-13(4-2)5-6-16(10-13)12-7-11(14)8-15-9-12/h7-9H,3-6,10,14H2,1-2H3. The van der Waals surface area contributed by atoms with Crippen molar-refractivity contribution in [3.8, 4) is 0 Å². The van der Waals surface area contributed by atoms with Gasteiger partial charge in [0.05, 0.1) is 17.6 Å². The number of anilines is 2. The Morgan fingerprint density at radius 2 is 2.12 bits per heavy atom. The highest BCUT2D eigenvalue weighted by Crippen LogP contribution is 2.38. The Balaban J connectivity index is 2.14. The lowest BCUT2D eigenvalue weighted by atomic mass is 9.82. The molecule has 1 aliphatic heterocycles. The molecule has 0 aromatic carbocycles. The van der Waals surface area contributed by atoms with Crippen molar-refractivity contribution in [2.75, 3.05) is 23.7 Å². The van der Waals surface area contributed by atoms with Crippen molar-refractivity contribution < 1.29 is 0 Å². The summed E-state index contributed by atoms with van der Waals surface area (Å²) in [7, 11) is 0. The third-order valence-electron chi connectivity index (χ3n) is 4.05. The maximum absolute atomic E-state index is 5.77. The molecule has 3 nitrogen and oxygen atoms in total. The predicted molar refractivity (Wildman–Crippen MR) is 68.5 cm³/mol. The van der Waals surface area contributed by atoms with Crippen LogP contribution in [0.25, 0.3) is 0 Å². The van der Waals surface area contributed by atoms with Gasteiger partial charge in [-0.25, -0.2) is 0 Å². The first-order valence-corrected chi connectivity index (χ1v) is 6.14. The molecule has 2 heterocycles. The highest BCUT2D eigenvalue weighted by molar-refractivity contribution is 5.54. The Bertz CT molecular complexity index is 358. The van der Waals surface area contributed by atoms with Crippen LogP contribution in [0.5, 0.6) is 0 Å². The van der Waals surface area contributed by atoms with Crippen molar-refractivity contribution >= 4 is 11.4 Å². The first kappa shape index (κ1) is 11.2. The van der Waals surface area contributed by atoms with E-state index in [0.717, 1.165) is 18.8 Å². The maximum atomic E-state index is 5.77. The number of hydrogen-bond donors (Lipinski definition) is 1. The third-order valence-corrected chi connectivity index (χ3v) is 4.05. The summed E-state index contributed by atoms with van der Waals surface area (Å²) in [6.07, 6.45) is 7.42. The van der Waals surface area contributed by atoms with Crippen LogP contribution in [0.2, 0.25) is 0 Å². The van der Waals surface area contributed by atoms with E-state index in [9.17, 15) is 0 Å². The minimum Gasteiger partial charge on any atom is -0.397 e. The molecule has 0 amide bonds. The predicted octanol–water partition coefficient (Wildman–Crippen LogP) is 2.68. The average Bonchev–Trinajstić information content (AvgIpc) is 2.74.